The minimum Gasteiger partial charge on any atom is -0.493 e. The summed E-state index contributed by atoms with van der Waals surface area (Å²) in [5.41, 5.74) is 1.86. The van der Waals surface area contributed by atoms with Crippen LogP contribution in [0.25, 0.3) is 0 Å². The number of anilines is 2. The number of unbranched alkanes of at least 4 members (excludes halogenated alkanes) is 2. The van der Waals surface area contributed by atoms with Crippen molar-refractivity contribution in [1.82, 2.24) is 4.90 Å². The molecule has 0 atom stereocenters. The molecule has 7 nitrogen and oxygen atoms in total. The van der Waals surface area contributed by atoms with Gasteiger partial charge in [-0.3, -0.25) is 4.90 Å². The molecule has 2 aliphatic heterocycles. The van der Waals surface area contributed by atoms with Gasteiger partial charge in [0.2, 0.25) is 0 Å². The summed E-state index contributed by atoms with van der Waals surface area (Å²) in [5, 5.41) is 0. The molecule has 190 valence electrons. The summed E-state index contributed by atoms with van der Waals surface area (Å²) in [6.45, 7) is 6.70. The van der Waals surface area contributed by atoms with Crippen LogP contribution in [0.4, 0.5) is 20.6 Å². The Labute approximate surface area is 207 Å². The monoisotopic (exact) mass is 485 g/mol. The Hall–Kier alpha value is -3.00. The zero-order valence-electron chi connectivity index (χ0n) is 20.8. The number of ether oxygens (including phenoxy) is 3. The highest BCUT2D eigenvalue weighted by molar-refractivity contribution is 5.93. The Balaban J connectivity index is 1.48. The second-order valence-corrected chi connectivity index (χ2v) is 8.95. The van der Waals surface area contributed by atoms with E-state index >= 15 is 4.39 Å². The number of carbonyl (C=O) groups excluding carboxylic acids is 1. The summed E-state index contributed by atoms with van der Waals surface area (Å²) in [6.07, 6.45) is 3.99. The van der Waals surface area contributed by atoms with Crippen LogP contribution in [0.15, 0.2) is 36.4 Å². The first-order valence-corrected chi connectivity index (χ1v) is 12.6. The summed E-state index contributed by atoms with van der Waals surface area (Å²) < 4.78 is 32.2. The van der Waals surface area contributed by atoms with Crippen molar-refractivity contribution in [3.63, 3.8) is 0 Å². The summed E-state index contributed by atoms with van der Waals surface area (Å²) >= 11 is 0. The standard InChI is InChI=1S/C27H36FN3O4/c1-3-4-5-16-35-25-19-22(10-11-24(25)33-2)31-13-7-12-30(27(31)32)20-21-8-6-9-23(26(21)28)29-14-17-34-18-15-29/h6,8-11,19H,3-5,7,12-18,20H2,1-2H3. The number of nitrogens with zero attached hydrogens (tertiary/aromatic N) is 3. The van der Waals surface area contributed by atoms with Gasteiger partial charge in [0.1, 0.15) is 0 Å². The highest BCUT2D eigenvalue weighted by Gasteiger charge is 2.29. The molecule has 8 heteroatoms. The maximum atomic E-state index is 15.4. The molecule has 0 N–H and O–H groups in total. The molecule has 2 aromatic carbocycles. The first-order valence-electron chi connectivity index (χ1n) is 12.6. The molecule has 0 bridgehead atoms. The van der Waals surface area contributed by atoms with Gasteiger partial charge in [-0.1, -0.05) is 31.9 Å². The Morgan fingerprint density at radius 1 is 1.03 bits per heavy atom. The Bertz CT molecular complexity index is 996. The van der Waals surface area contributed by atoms with Crippen LogP contribution in [-0.2, 0) is 11.3 Å². The SMILES string of the molecule is CCCCCOc1cc(N2CCCN(Cc3cccc(N4CCOCC4)c3F)C2=O)ccc1OC. The van der Waals surface area contributed by atoms with Crippen LogP contribution in [0, 0.1) is 5.82 Å². The molecule has 0 spiro atoms. The molecule has 4 rings (SSSR count). The van der Waals surface area contributed by atoms with E-state index in [1.165, 1.54) is 0 Å². The van der Waals surface area contributed by atoms with E-state index in [-0.39, 0.29) is 18.4 Å². The maximum absolute atomic E-state index is 15.4. The van der Waals surface area contributed by atoms with Gasteiger partial charge in [0, 0.05) is 43.5 Å². The van der Waals surface area contributed by atoms with Crippen molar-refractivity contribution in [2.24, 2.45) is 0 Å². The van der Waals surface area contributed by atoms with Crippen molar-refractivity contribution in [1.29, 1.82) is 0 Å². The number of amides is 2. The predicted molar refractivity (Wildman–Crippen MR) is 135 cm³/mol. The quantitative estimate of drug-likeness (QED) is 0.440. The van der Waals surface area contributed by atoms with Crippen LogP contribution in [0.1, 0.15) is 38.2 Å². The van der Waals surface area contributed by atoms with Crippen LogP contribution in [-0.4, -0.2) is 64.0 Å². The van der Waals surface area contributed by atoms with E-state index in [4.69, 9.17) is 14.2 Å². The fourth-order valence-electron chi connectivity index (χ4n) is 4.59. The molecule has 2 aromatic rings. The van der Waals surface area contributed by atoms with Crippen LogP contribution < -0.4 is 19.3 Å². The maximum Gasteiger partial charge on any atom is 0.324 e. The Kier molecular flexibility index (Phi) is 8.69. The van der Waals surface area contributed by atoms with Gasteiger partial charge in [0.25, 0.3) is 0 Å². The number of urea groups is 1. The first kappa shape index (κ1) is 25.1. The predicted octanol–water partition coefficient (Wildman–Crippen LogP) is 5.07. The average Bonchev–Trinajstić information content (AvgIpc) is 2.89. The fraction of sp³-hybridized carbons (Fsp3) is 0.519. The highest BCUT2D eigenvalue weighted by atomic mass is 19.1. The second kappa shape index (κ2) is 12.1. The molecular weight excluding hydrogens is 449 g/mol. The third-order valence-corrected chi connectivity index (χ3v) is 6.55. The van der Waals surface area contributed by atoms with Crippen LogP contribution in [0.3, 0.4) is 0 Å². The lowest BCUT2D eigenvalue weighted by atomic mass is 10.1. The molecule has 0 radical (unpaired) electrons. The van der Waals surface area contributed by atoms with Crippen molar-refractivity contribution in [3.05, 3.63) is 47.8 Å². The largest absolute Gasteiger partial charge is 0.493 e. The van der Waals surface area contributed by atoms with Crippen LogP contribution in [0.2, 0.25) is 0 Å². The van der Waals surface area contributed by atoms with E-state index in [1.807, 2.05) is 29.2 Å². The fourth-order valence-corrected chi connectivity index (χ4v) is 4.59. The molecule has 0 saturated carbocycles. The second-order valence-electron chi connectivity index (χ2n) is 8.95. The Morgan fingerprint density at radius 3 is 2.63 bits per heavy atom. The number of rotatable bonds is 10. The lowest BCUT2D eigenvalue weighted by Crippen LogP contribution is -2.49. The molecule has 2 aliphatic rings. The van der Waals surface area contributed by atoms with Gasteiger partial charge in [0.05, 0.1) is 39.2 Å². The van der Waals surface area contributed by atoms with Crippen LogP contribution >= 0.6 is 0 Å². The van der Waals surface area contributed by atoms with E-state index in [2.05, 4.69) is 6.92 Å². The van der Waals surface area contributed by atoms with Crippen molar-refractivity contribution >= 4 is 17.4 Å². The normalized spacial score (nSPS) is 16.5. The van der Waals surface area contributed by atoms with Gasteiger partial charge in [0.15, 0.2) is 17.3 Å². The van der Waals surface area contributed by atoms with E-state index < -0.39 is 0 Å². The zero-order chi connectivity index (χ0) is 24.6. The van der Waals surface area contributed by atoms with E-state index in [0.717, 1.165) is 31.4 Å². The summed E-state index contributed by atoms with van der Waals surface area (Å²) in [4.78, 5) is 18.9. The van der Waals surface area contributed by atoms with Gasteiger partial charge >= 0.3 is 6.03 Å². The molecule has 2 saturated heterocycles. The summed E-state index contributed by atoms with van der Waals surface area (Å²) in [7, 11) is 1.61. The van der Waals surface area contributed by atoms with Gasteiger partial charge in [-0.25, -0.2) is 9.18 Å². The van der Waals surface area contributed by atoms with Crippen molar-refractivity contribution in [2.45, 2.75) is 39.2 Å². The van der Waals surface area contributed by atoms with E-state index in [0.29, 0.717) is 68.7 Å². The smallest absolute Gasteiger partial charge is 0.324 e. The summed E-state index contributed by atoms with van der Waals surface area (Å²) in [5.74, 6) is 1.02. The topological polar surface area (TPSA) is 54.5 Å². The van der Waals surface area contributed by atoms with Crippen molar-refractivity contribution < 1.29 is 23.4 Å². The number of hydrogen-bond acceptors (Lipinski definition) is 5. The third kappa shape index (κ3) is 5.99. The molecule has 2 heterocycles. The van der Waals surface area contributed by atoms with Crippen molar-refractivity contribution in [2.75, 3.05) is 62.9 Å². The Morgan fingerprint density at radius 2 is 1.86 bits per heavy atom. The first-order chi connectivity index (χ1) is 17.1. The van der Waals surface area contributed by atoms with Crippen molar-refractivity contribution in [3.8, 4) is 11.5 Å². The number of methoxy groups -OCH3 is 1. The lowest BCUT2D eigenvalue weighted by Gasteiger charge is -2.36. The molecule has 35 heavy (non-hydrogen) atoms. The number of halogens is 1. The molecule has 0 aromatic heterocycles. The number of morpholine rings is 1. The van der Waals surface area contributed by atoms with Gasteiger partial charge in [-0.15, -0.1) is 0 Å². The van der Waals surface area contributed by atoms with E-state index in [1.54, 1.807) is 29.0 Å². The molecule has 2 fully saturated rings. The van der Waals surface area contributed by atoms with Crippen LogP contribution in [0.5, 0.6) is 11.5 Å². The zero-order valence-corrected chi connectivity index (χ0v) is 20.8. The van der Waals surface area contributed by atoms with Gasteiger partial charge < -0.3 is 24.0 Å². The molecule has 2 amide bonds. The minimum absolute atomic E-state index is 0.130. The summed E-state index contributed by atoms with van der Waals surface area (Å²) in [6, 6.07) is 10.9. The number of carbonyl (C=O) groups is 1. The molecular formula is C27H36FN3O4. The lowest BCUT2D eigenvalue weighted by molar-refractivity contribution is 0.122. The third-order valence-electron chi connectivity index (χ3n) is 6.55. The van der Waals surface area contributed by atoms with E-state index in [9.17, 15) is 4.79 Å². The average molecular weight is 486 g/mol. The molecule has 0 unspecified atom stereocenters. The van der Waals surface area contributed by atoms with Gasteiger partial charge in [-0.2, -0.15) is 0 Å². The number of benzene rings is 2. The van der Waals surface area contributed by atoms with Gasteiger partial charge in [-0.05, 0) is 31.0 Å². The molecule has 0 aliphatic carbocycles. The highest BCUT2D eigenvalue weighted by Crippen LogP contribution is 2.34. The minimum atomic E-state index is -0.258. The number of hydrogen-bond donors (Lipinski definition) is 0.